The summed E-state index contributed by atoms with van der Waals surface area (Å²) in [5, 5.41) is 9.17. The lowest BCUT2D eigenvalue weighted by atomic mass is 9.83. The molecule has 0 saturated carbocycles. The molecule has 0 bridgehead atoms. The molecular formula is C10H20N2O2. The summed E-state index contributed by atoms with van der Waals surface area (Å²) in [7, 11) is 0. The van der Waals surface area contributed by atoms with Crippen molar-refractivity contribution in [3.05, 3.63) is 0 Å². The summed E-state index contributed by atoms with van der Waals surface area (Å²) < 4.78 is 0. The average Bonchev–Trinajstić information content (AvgIpc) is 2.41. The van der Waals surface area contributed by atoms with Crippen molar-refractivity contribution in [1.82, 2.24) is 4.90 Å². The molecule has 1 heterocycles. The van der Waals surface area contributed by atoms with Crippen molar-refractivity contribution in [2.75, 3.05) is 26.2 Å². The summed E-state index contributed by atoms with van der Waals surface area (Å²) in [4.78, 5) is 13.4. The molecule has 1 fully saturated rings. The predicted molar refractivity (Wildman–Crippen MR) is 54.6 cm³/mol. The van der Waals surface area contributed by atoms with Crippen LogP contribution in [0.2, 0.25) is 0 Å². The van der Waals surface area contributed by atoms with E-state index < -0.39 is 0 Å². The van der Waals surface area contributed by atoms with Crippen molar-refractivity contribution in [2.45, 2.75) is 20.3 Å². The first-order valence-electron chi connectivity index (χ1n) is 5.10. The number of likely N-dealkylation sites (tertiary alicyclic amines) is 1. The highest BCUT2D eigenvalue weighted by Gasteiger charge is 2.40. The molecule has 1 atom stereocenters. The molecule has 0 spiro atoms. The Labute approximate surface area is 85.1 Å². The summed E-state index contributed by atoms with van der Waals surface area (Å²) in [6, 6.07) is 0. The van der Waals surface area contributed by atoms with Gasteiger partial charge < -0.3 is 15.7 Å². The largest absolute Gasteiger partial charge is 0.396 e. The maximum atomic E-state index is 11.6. The Hall–Kier alpha value is -0.610. The highest BCUT2D eigenvalue weighted by Crippen LogP contribution is 2.34. The summed E-state index contributed by atoms with van der Waals surface area (Å²) >= 11 is 0. The standard InChI is InChI=1S/C10H20N2O2/c1-10(2)7-12(5-8(10)6-13)9(14)3-4-11/h8,13H,3-7,11H2,1-2H3/t8-/m0/s1. The first-order valence-corrected chi connectivity index (χ1v) is 5.10. The third-order valence-electron chi connectivity index (χ3n) is 3.08. The molecule has 14 heavy (non-hydrogen) atoms. The van der Waals surface area contributed by atoms with E-state index >= 15 is 0 Å². The Morgan fingerprint density at radius 1 is 1.64 bits per heavy atom. The molecular weight excluding hydrogens is 180 g/mol. The summed E-state index contributed by atoms with van der Waals surface area (Å²) in [6.45, 7) is 6.13. The molecule has 1 amide bonds. The number of nitrogens with two attached hydrogens (primary N) is 1. The van der Waals surface area contributed by atoms with Crippen LogP contribution in [0, 0.1) is 11.3 Å². The Balaban J connectivity index is 2.57. The van der Waals surface area contributed by atoms with Gasteiger partial charge in [-0.15, -0.1) is 0 Å². The van der Waals surface area contributed by atoms with Crippen molar-refractivity contribution in [1.29, 1.82) is 0 Å². The number of aliphatic hydroxyl groups excluding tert-OH is 1. The van der Waals surface area contributed by atoms with Crippen LogP contribution in [0.5, 0.6) is 0 Å². The number of nitrogens with zero attached hydrogens (tertiary/aromatic N) is 1. The lowest BCUT2D eigenvalue weighted by Gasteiger charge is -2.23. The predicted octanol–water partition coefficient (Wildman–Crippen LogP) is -0.188. The number of aliphatic hydroxyl groups is 1. The second kappa shape index (κ2) is 4.28. The van der Waals surface area contributed by atoms with Gasteiger partial charge in [-0.3, -0.25) is 4.79 Å². The molecule has 4 heteroatoms. The molecule has 4 nitrogen and oxygen atoms in total. The van der Waals surface area contributed by atoms with Crippen LogP contribution in [0.25, 0.3) is 0 Å². The number of carbonyl (C=O) groups excluding carboxylic acids is 1. The topological polar surface area (TPSA) is 66.6 Å². The number of carbonyl (C=O) groups is 1. The Bertz CT molecular complexity index is 216. The average molecular weight is 200 g/mol. The van der Waals surface area contributed by atoms with Crippen molar-refractivity contribution >= 4 is 5.91 Å². The van der Waals surface area contributed by atoms with Gasteiger partial charge in [-0.25, -0.2) is 0 Å². The SMILES string of the molecule is CC1(C)CN(C(=O)CCN)C[C@H]1CO. The van der Waals surface area contributed by atoms with Crippen LogP contribution >= 0.6 is 0 Å². The van der Waals surface area contributed by atoms with Crippen LogP contribution in [0.15, 0.2) is 0 Å². The molecule has 0 aromatic rings. The van der Waals surface area contributed by atoms with E-state index in [-0.39, 0.29) is 23.8 Å². The lowest BCUT2D eigenvalue weighted by Crippen LogP contribution is -2.31. The molecule has 3 N–H and O–H groups in total. The minimum absolute atomic E-state index is 0.0268. The molecule has 0 aliphatic carbocycles. The van der Waals surface area contributed by atoms with Gasteiger partial charge in [-0.1, -0.05) is 13.8 Å². The third kappa shape index (κ3) is 2.25. The highest BCUT2D eigenvalue weighted by molar-refractivity contribution is 5.76. The first-order chi connectivity index (χ1) is 6.51. The van der Waals surface area contributed by atoms with Crippen molar-refractivity contribution < 1.29 is 9.90 Å². The summed E-state index contributed by atoms with van der Waals surface area (Å²) in [6.07, 6.45) is 0.411. The molecule has 1 rings (SSSR count). The molecule has 82 valence electrons. The lowest BCUT2D eigenvalue weighted by molar-refractivity contribution is -0.130. The molecule has 1 saturated heterocycles. The maximum Gasteiger partial charge on any atom is 0.223 e. The van der Waals surface area contributed by atoms with Crippen LogP contribution in [-0.4, -0.2) is 42.2 Å². The smallest absolute Gasteiger partial charge is 0.223 e. The molecule has 0 aromatic heterocycles. The van der Waals surface area contributed by atoms with E-state index in [2.05, 4.69) is 13.8 Å². The molecule has 0 radical (unpaired) electrons. The highest BCUT2D eigenvalue weighted by atomic mass is 16.3. The van der Waals surface area contributed by atoms with Crippen molar-refractivity contribution in [3.63, 3.8) is 0 Å². The monoisotopic (exact) mass is 200 g/mol. The van der Waals surface area contributed by atoms with Gasteiger partial charge in [0.05, 0.1) is 0 Å². The summed E-state index contributed by atoms with van der Waals surface area (Å²) in [5.74, 6) is 0.306. The number of hydrogen-bond donors (Lipinski definition) is 2. The Kier molecular flexibility index (Phi) is 3.50. The van der Waals surface area contributed by atoms with Gasteiger partial charge in [0.25, 0.3) is 0 Å². The zero-order valence-corrected chi connectivity index (χ0v) is 8.99. The zero-order chi connectivity index (χ0) is 10.8. The van der Waals surface area contributed by atoms with Gasteiger partial charge in [0.2, 0.25) is 5.91 Å². The van der Waals surface area contributed by atoms with Gasteiger partial charge in [0.1, 0.15) is 0 Å². The van der Waals surface area contributed by atoms with E-state index in [1.165, 1.54) is 0 Å². The van der Waals surface area contributed by atoms with E-state index in [4.69, 9.17) is 10.8 Å². The first kappa shape index (κ1) is 11.5. The normalized spacial score (nSPS) is 25.4. The Morgan fingerprint density at radius 2 is 2.29 bits per heavy atom. The molecule has 0 unspecified atom stereocenters. The second-order valence-corrected chi connectivity index (χ2v) is 4.68. The van der Waals surface area contributed by atoms with Crippen molar-refractivity contribution in [3.8, 4) is 0 Å². The fraction of sp³-hybridized carbons (Fsp3) is 0.900. The van der Waals surface area contributed by atoms with E-state index in [0.717, 1.165) is 6.54 Å². The van der Waals surface area contributed by atoms with Crippen LogP contribution in [-0.2, 0) is 4.79 Å². The fourth-order valence-electron chi connectivity index (χ4n) is 1.98. The third-order valence-corrected chi connectivity index (χ3v) is 3.08. The molecule has 0 aromatic carbocycles. The van der Waals surface area contributed by atoms with Gasteiger partial charge in [0, 0.05) is 38.6 Å². The maximum absolute atomic E-state index is 11.6. The van der Waals surface area contributed by atoms with Gasteiger partial charge >= 0.3 is 0 Å². The Morgan fingerprint density at radius 3 is 2.71 bits per heavy atom. The van der Waals surface area contributed by atoms with Gasteiger partial charge in [-0.05, 0) is 5.41 Å². The summed E-state index contributed by atoms with van der Waals surface area (Å²) in [5.41, 5.74) is 5.36. The quantitative estimate of drug-likeness (QED) is 0.663. The van der Waals surface area contributed by atoms with Crippen LogP contribution in [0.3, 0.4) is 0 Å². The van der Waals surface area contributed by atoms with E-state index in [1.807, 2.05) is 4.90 Å². The van der Waals surface area contributed by atoms with Crippen LogP contribution < -0.4 is 5.73 Å². The van der Waals surface area contributed by atoms with Crippen LogP contribution in [0.1, 0.15) is 20.3 Å². The van der Waals surface area contributed by atoms with E-state index in [9.17, 15) is 4.79 Å². The van der Waals surface area contributed by atoms with Crippen molar-refractivity contribution in [2.24, 2.45) is 17.1 Å². The minimum atomic E-state index is 0.0268. The van der Waals surface area contributed by atoms with E-state index in [0.29, 0.717) is 19.5 Å². The number of amides is 1. The molecule has 1 aliphatic rings. The number of rotatable bonds is 3. The van der Waals surface area contributed by atoms with Gasteiger partial charge in [0.15, 0.2) is 0 Å². The van der Waals surface area contributed by atoms with E-state index in [1.54, 1.807) is 0 Å². The molecule has 1 aliphatic heterocycles. The second-order valence-electron chi connectivity index (χ2n) is 4.68. The minimum Gasteiger partial charge on any atom is -0.396 e. The van der Waals surface area contributed by atoms with Crippen LogP contribution in [0.4, 0.5) is 0 Å². The number of hydrogen-bond acceptors (Lipinski definition) is 3. The fourth-order valence-corrected chi connectivity index (χ4v) is 1.98. The van der Waals surface area contributed by atoms with Gasteiger partial charge in [-0.2, -0.15) is 0 Å². The zero-order valence-electron chi connectivity index (χ0n) is 8.99.